The van der Waals surface area contributed by atoms with Gasteiger partial charge in [0.05, 0.1) is 24.1 Å². The molecule has 0 aliphatic carbocycles. The van der Waals surface area contributed by atoms with E-state index in [-0.39, 0.29) is 12.6 Å². The van der Waals surface area contributed by atoms with E-state index < -0.39 is 0 Å². The normalized spacial score (nSPS) is 10.2. The SMILES string of the molecule is O=C(NCc1coc(-c2ccccc2)n1)Nc1cccnc1. The number of aromatic nitrogens is 2. The number of hydrogen-bond acceptors (Lipinski definition) is 4. The van der Waals surface area contributed by atoms with Crippen LogP contribution in [0.1, 0.15) is 5.69 Å². The van der Waals surface area contributed by atoms with Crippen LogP contribution in [0.25, 0.3) is 11.5 Å². The maximum Gasteiger partial charge on any atom is 0.319 e. The Morgan fingerprint density at radius 3 is 2.77 bits per heavy atom. The van der Waals surface area contributed by atoms with Crippen LogP contribution in [0.4, 0.5) is 10.5 Å². The predicted molar refractivity (Wildman–Crippen MR) is 82.0 cm³/mol. The van der Waals surface area contributed by atoms with Gasteiger partial charge in [-0.25, -0.2) is 9.78 Å². The molecule has 0 saturated heterocycles. The Kier molecular flexibility index (Phi) is 4.10. The molecule has 0 bridgehead atoms. The van der Waals surface area contributed by atoms with Crippen LogP contribution >= 0.6 is 0 Å². The minimum absolute atomic E-state index is 0.280. The second kappa shape index (κ2) is 6.53. The lowest BCUT2D eigenvalue weighted by molar-refractivity contribution is 0.251. The summed E-state index contributed by atoms with van der Waals surface area (Å²) in [6, 6.07) is 12.8. The summed E-state index contributed by atoms with van der Waals surface area (Å²) in [5, 5.41) is 5.39. The summed E-state index contributed by atoms with van der Waals surface area (Å²) in [5.74, 6) is 0.532. The van der Waals surface area contributed by atoms with Gasteiger partial charge < -0.3 is 15.1 Å². The summed E-state index contributed by atoms with van der Waals surface area (Å²) in [7, 11) is 0. The van der Waals surface area contributed by atoms with Crippen molar-refractivity contribution in [3.63, 3.8) is 0 Å². The molecule has 0 fully saturated rings. The zero-order valence-corrected chi connectivity index (χ0v) is 11.7. The third kappa shape index (κ3) is 3.49. The Hall–Kier alpha value is -3.15. The van der Waals surface area contributed by atoms with E-state index in [9.17, 15) is 4.79 Å². The second-order valence-corrected chi connectivity index (χ2v) is 4.56. The summed E-state index contributed by atoms with van der Waals surface area (Å²) in [5.41, 5.74) is 2.18. The molecule has 3 aromatic rings. The third-order valence-electron chi connectivity index (χ3n) is 2.92. The molecule has 3 rings (SSSR count). The average molecular weight is 294 g/mol. The minimum Gasteiger partial charge on any atom is -0.444 e. The first-order chi connectivity index (χ1) is 10.8. The predicted octanol–water partition coefficient (Wildman–Crippen LogP) is 3.06. The number of anilines is 1. The molecule has 0 atom stereocenters. The number of carbonyl (C=O) groups is 1. The summed E-state index contributed by atoms with van der Waals surface area (Å²) >= 11 is 0. The number of urea groups is 1. The molecule has 2 aromatic heterocycles. The molecule has 6 nitrogen and oxygen atoms in total. The Morgan fingerprint density at radius 2 is 2.00 bits per heavy atom. The lowest BCUT2D eigenvalue weighted by Gasteiger charge is -2.05. The number of rotatable bonds is 4. The van der Waals surface area contributed by atoms with Gasteiger partial charge in [-0.1, -0.05) is 18.2 Å². The molecule has 110 valence electrons. The van der Waals surface area contributed by atoms with Crippen LogP contribution in [0.5, 0.6) is 0 Å². The molecule has 22 heavy (non-hydrogen) atoms. The van der Waals surface area contributed by atoms with Gasteiger partial charge in [-0.2, -0.15) is 0 Å². The standard InChI is InChI=1S/C16H14N4O2/c21-16(20-13-7-4-8-17-9-13)18-10-14-11-22-15(19-14)12-5-2-1-3-6-12/h1-9,11H,10H2,(H2,18,20,21). The van der Waals surface area contributed by atoms with Crippen molar-refractivity contribution in [2.24, 2.45) is 0 Å². The first kappa shape index (κ1) is 13.8. The van der Waals surface area contributed by atoms with E-state index in [1.54, 1.807) is 24.5 Å². The molecule has 0 unspecified atom stereocenters. The number of pyridine rings is 1. The van der Waals surface area contributed by atoms with E-state index in [1.807, 2.05) is 30.3 Å². The van der Waals surface area contributed by atoms with Gasteiger partial charge in [0.1, 0.15) is 6.26 Å². The molecule has 0 saturated carbocycles. The van der Waals surface area contributed by atoms with Gasteiger partial charge in [-0.15, -0.1) is 0 Å². The zero-order chi connectivity index (χ0) is 15.2. The summed E-state index contributed by atoms with van der Waals surface area (Å²) in [6.45, 7) is 0.280. The highest BCUT2D eigenvalue weighted by Crippen LogP contribution is 2.17. The summed E-state index contributed by atoms with van der Waals surface area (Å²) in [6.07, 6.45) is 4.75. The highest BCUT2D eigenvalue weighted by Gasteiger charge is 2.07. The average Bonchev–Trinajstić information content (AvgIpc) is 3.04. The molecule has 1 aromatic carbocycles. The second-order valence-electron chi connectivity index (χ2n) is 4.56. The van der Waals surface area contributed by atoms with Gasteiger partial charge in [-0.05, 0) is 24.3 Å². The van der Waals surface area contributed by atoms with Crippen LogP contribution in [0, 0.1) is 0 Å². The van der Waals surface area contributed by atoms with Crippen molar-refractivity contribution in [3.8, 4) is 11.5 Å². The van der Waals surface area contributed by atoms with Crippen molar-refractivity contribution in [2.45, 2.75) is 6.54 Å². The van der Waals surface area contributed by atoms with E-state index in [1.165, 1.54) is 6.26 Å². The van der Waals surface area contributed by atoms with Crippen LogP contribution in [0.3, 0.4) is 0 Å². The highest BCUT2D eigenvalue weighted by atomic mass is 16.3. The van der Waals surface area contributed by atoms with Crippen LogP contribution in [-0.2, 0) is 6.54 Å². The van der Waals surface area contributed by atoms with Gasteiger partial charge in [0.2, 0.25) is 5.89 Å². The van der Waals surface area contributed by atoms with Crippen molar-refractivity contribution >= 4 is 11.7 Å². The van der Waals surface area contributed by atoms with Crippen molar-refractivity contribution in [1.29, 1.82) is 0 Å². The Morgan fingerprint density at radius 1 is 1.14 bits per heavy atom. The minimum atomic E-state index is -0.322. The number of benzene rings is 1. The molecule has 0 aliphatic heterocycles. The Bertz CT molecular complexity index is 741. The largest absolute Gasteiger partial charge is 0.444 e. The monoisotopic (exact) mass is 294 g/mol. The molecule has 0 radical (unpaired) electrons. The molecular weight excluding hydrogens is 280 g/mol. The molecule has 2 heterocycles. The van der Waals surface area contributed by atoms with Gasteiger partial charge >= 0.3 is 6.03 Å². The van der Waals surface area contributed by atoms with E-state index >= 15 is 0 Å². The number of carbonyl (C=O) groups excluding carboxylic acids is 1. The lowest BCUT2D eigenvalue weighted by atomic mass is 10.2. The third-order valence-corrected chi connectivity index (χ3v) is 2.92. The highest BCUT2D eigenvalue weighted by molar-refractivity contribution is 5.88. The zero-order valence-electron chi connectivity index (χ0n) is 11.7. The summed E-state index contributed by atoms with van der Waals surface area (Å²) < 4.78 is 5.41. The van der Waals surface area contributed by atoms with Crippen LogP contribution in [-0.4, -0.2) is 16.0 Å². The van der Waals surface area contributed by atoms with Crippen molar-refractivity contribution < 1.29 is 9.21 Å². The Labute approximate surface area is 127 Å². The van der Waals surface area contributed by atoms with E-state index in [0.29, 0.717) is 17.3 Å². The van der Waals surface area contributed by atoms with E-state index in [2.05, 4.69) is 20.6 Å². The first-order valence-electron chi connectivity index (χ1n) is 6.76. The van der Waals surface area contributed by atoms with Crippen molar-refractivity contribution in [1.82, 2.24) is 15.3 Å². The van der Waals surface area contributed by atoms with Gasteiger partial charge in [0.25, 0.3) is 0 Å². The first-order valence-corrected chi connectivity index (χ1v) is 6.76. The number of nitrogens with one attached hydrogen (secondary N) is 2. The molecule has 0 spiro atoms. The molecule has 2 N–H and O–H groups in total. The van der Waals surface area contributed by atoms with E-state index in [0.717, 1.165) is 5.56 Å². The smallest absolute Gasteiger partial charge is 0.319 e. The molecule has 6 heteroatoms. The number of oxazole rings is 1. The maximum atomic E-state index is 11.8. The fourth-order valence-electron chi connectivity index (χ4n) is 1.88. The van der Waals surface area contributed by atoms with Crippen LogP contribution in [0.2, 0.25) is 0 Å². The molecule has 0 aliphatic rings. The van der Waals surface area contributed by atoms with Gasteiger partial charge in [0.15, 0.2) is 0 Å². The van der Waals surface area contributed by atoms with Gasteiger partial charge in [-0.3, -0.25) is 4.98 Å². The summed E-state index contributed by atoms with van der Waals surface area (Å²) in [4.78, 5) is 20.0. The lowest BCUT2D eigenvalue weighted by Crippen LogP contribution is -2.28. The fraction of sp³-hybridized carbons (Fsp3) is 0.0625. The van der Waals surface area contributed by atoms with Crippen LogP contribution < -0.4 is 10.6 Å². The topological polar surface area (TPSA) is 80.0 Å². The van der Waals surface area contributed by atoms with Crippen molar-refractivity contribution in [3.05, 3.63) is 66.8 Å². The number of amides is 2. The van der Waals surface area contributed by atoms with Crippen molar-refractivity contribution in [2.75, 3.05) is 5.32 Å². The number of nitrogens with zero attached hydrogens (tertiary/aromatic N) is 2. The molecule has 2 amide bonds. The van der Waals surface area contributed by atoms with E-state index in [4.69, 9.17) is 4.42 Å². The maximum absolute atomic E-state index is 11.8. The number of hydrogen-bond donors (Lipinski definition) is 2. The molecular formula is C16H14N4O2. The quantitative estimate of drug-likeness (QED) is 0.775. The van der Waals surface area contributed by atoms with Crippen LogP contribution in [0.15, 0.2) is 65.5 Å². The Balaban J connectivity index is 1.56. The van der Waals surface area contributed by atoms with Gasteiger partial charge in [0, 0.05) is 11.8 Å². The fourth-order valence-corrected chi connectivity index (χ4v) is 1.88.